The predicted octanol–water partition coefficient (Wildman–Crippen LogP) is -0.132. The maximum Gasteiger partial charge on any atom is 0.0721 e. The summed E-state index contributed by atoms with van der Waals surface area (Å²) in [5.41, 5.74) is 0. The average Bonchev–Trinajstić information content (AvgIpc) is 2.33. The van der Waals surface area contributed by atoms with Crippen LogP contribution in [0.25, 0.3) is 0 Å². The Morgan fingerprint density at radius 1 is 1.22 bits per heavy atom. The van der Waals surface area contributed by atoms with E-state index in [-0.39, 0.29) is 0 Å². The van der Waals surface area contributed by atoms with Crippen molar-refractivity contribution in [1.29, 1.82) is 0 Å². The number of fused-ring (bicyclic) bond motifs is 1. The van der Waals surface area contributed by atoms with Crippen molar-refractivity contribution < 1.29 is 0 Å². The van der Waals surface area contributed by atoms with E-state index in [0.29, 0.717) is 0 Å². The van der Waals surface area contributed by atoms with E-state index in [2.05, 4.69) is 24.3 Å². The molecule has 0 N–H and O–H groups in total. The molecule has 1 aliphatic rings. The molecule has 1 aliphatic heterocycles. The van der Waals surface area contributed by atoms with Gasteiger partial charge in [0, 0.05) is 0 Å². The van der Waals surface area contributed by atoms with Crippen LogP contribution in [0.2, 0.25) is 0 Å². The second-order valence-electron chi connectivity index (χ2n) is 1.92. The van der Waals surface area contributed by atoms with E-state index in [0.717, 1.165) is 17.2 Å². The van der Waals surface area contributed by atoms with Crippen LogP contribution in [0.5, 0.6) is 0 Å². The molecule has 0 amide bonds. The number of benzene rings is 1. The summed E-state index contributed by atoms with van der Waals surface area (Å²) in [6.07, 6.45) is 0. The largest absolute Gasteiger partial charge is 0.110 e. The Morgan fingerprint density at radius 2 is 2.11 bits per heavy atom. The van der Waals surface area contributed by atoms with E-state index < -0.39 is 0 Å². The number of hydrogen-bond acceptors (Lipinski definition) is 0. The van der Waals surface area contributed by atoms with E-state index in [1.165, 1.54) is 8.70 Å². The lowest BCUT2D eigenvalue weighted by Crippen LogP contribution is -2.20. The Kier molecular flexibility index (Phi) is 1.54. The maximum absolute atomic E-state index is 2.26. The number of hydrogen-bond donors (Lipinski definition) is 0. The lowest BCUT2D eigenvalue weighted by Gasteiger charge is -1.93. The highest BCUT2D eigenvalue weighted by atomic mass is 31.4. The fraction of sp³-hybridized carbons (Fsp3) is 0. The molecule has 0 nitrogen and oxygen atoms in total. The molecule has 0 fully saturated rings. The smallest absolute Gasteiger partial charge is 0.0721 e. The third kappa shape index (κ3) is 1.03. The molecular formula is C6H5PSi2. The van der Waals surface area contributed by atoms with Gasteiger partial charge in [0.05, 0.1) is 17.7 Å². The molecule has 0 saturated carbocycles. The Hall–Kier alpha value is 0.0838. The summed E-state index contributed by atoms with van der Waals surface area (Å²) in [5, 5.41) is 3.24. The van der Waals surface area contributed by atoms with Crippen LogP contribution in [0, 0.1) is 0 Å². The molecule has 0 saturated heterocycles. The lowest BCUT2D eigenvalue weighted by molar-refractivity contribution is 1.83. The Labute approximate surface area is 61.1 Å². The fourth-order valence-electron chi connectivity index (χ4n) is 0.867. The summed E-state index contributed by atoms with van der Waals surface area (Å²) in [5.74, 6) is 0. The summed E-state index contributed by atoms with van der Waals surface area (Å²) >= 11 is 0. The van der Waals surface area contributed by atoms with Crippen molar-refractivity contribution in [3.8, 4) is 0 Å². The molecule has 1 unspecified atom stereocenters. The third-order valence-corrected chi connectivity index (χ3v) is 7.85. The molecule has 1 aromatic carbocycles. The molecule has 1 heterocycles. The minimum Gasteiger partial charge on any atom is -0.110 e. The monoisotopic (exact) mass is 164 g/mol. The molecular weight excluding hydrogens is 159 g/mol. The first-order chi connectivity index (χ1) is 4.47. The summed E-state index contributed by atoms with van der Waals surface area (Å²) in [6, 6.07) is 8.82. The lowest BCUT2D eigenvalue weighted by atomic mass is 10.4. The average molecular weight is 164 g/mol. The first-order valence-corrected chi connectivity index (χ1v) is 7.83. The van der Waals surface area contributed by atoms with Crippen molar-refractivity contribution >= 4 is 36.4 Å². The Balaban J connectivity index is 2.54. The molecule has 4 radical (unpaired) electrons. The van der Waals surface area contributed by atoms with Crippen molar-refractivity contribution in [1.82, 2.24) is 0 Å². The van der Waals surface area contributed by atoms with Crippen LogP contribution in [0.3, 0.4) is 0 Å². The van der Waals surface area contributed by atoms with Crippen LogP contribution >= 0.6 is 8.13 Å². The maximum atomic E-state index is 2.26. The molecule has 0 bridgehead atoms. The fourth-order valence-corrected chi connectivity index (χ4v) is 8.41. The van der Waals surface area contributed by atoms with E-state index in [1.54, 1.807) is 10.5 Å². The SMILES string of the molecule is c1ccc2c(c1)[Si][Si]P2. The van der Waals surface area contributed by atoms with Gasteiger partial charge in [0.15, 0.2) is 0 Å². The van der Waals surface area contributed by atoms with Gasteiger partial charge in [-0.1, -0.05) is 29.5 Å². The molecule has 42 valence electrons. The van der Waals surface area contributed by atoms with Gasteiger partial charge >= 0.3 is 0 Å². The number of rotatable bonds is 0. The molecule has 1 aromatic rings. The van der Waals surface area contributed by atoms with Gasteiger partial charge in [-0.25, -0.2) is 0 Å². The Morgan fingerprint density at radius 3 is 3.00 bits per heavy atom. The highest BCUT2D eigenvalue weighted by Gasteiger charge is 2.09. The van der Waals surface area contributed by atoms with Gasteiger partial charge in [-0.2, -0.15) is 0 Å². The van der Waals surface area contributed by atoms with Crippen molar-refractivity contribution in [3.05, 3.63) is 24.3 Å². The second kappa shape index (κ2) is 2.37. The zero-order valence-electron chi connectivity index (χ0n) is 4.81. The predicted molar refractivity (Wildman–Crippen MR) is 45.5 cm³/mol. The van der Waals surface area contributed by atoms with Crippen molar-refractivity contribution in [3.63, 3.8) is 0 Å². The summed E-state index contributed by atoms with van der Waals surface area (Å²) in [4.78, 5) is 0. The van der Waals surface area contributed by atoms with Gasteiger partial charge in [-0.05, 0) is 5.30 Å². The zero-order chi connectivity index (χ0) is 6.10. The van der Waals surface area contributed by atoms with Crippen molar-refractivity contribution in [2.75, 3.05) is 0 Å². The van der Waals surface area contributed by atoms with Crippen LogP contribution in [-0.4, -0.2) is 17.7 Å². The minimum absolute atomic E-state index is 1.12. The summed E-state index contributed by atoms with van der Waals surface area (Å²) < 4.78 is 0. The van der Waals surface area contributed by atoms with Gasteiger partial charge in [0.1, 0.15) is 0 Å². The van der Waals surface area contributed by atoms with Crippen LogP contribution in [-0.2, 0) is 0 Å². The molecule has 9 heavy (non-hydrogen) atoms. The van der Waals surface area contributed by atoms with Gasteiger partial charge in [-0.3, -0.25) is 0 Å². The first-order valence-electron chi connectivity index (χ1n) is 2.83. The minimum atomic E-state index is 1.12. The van der Waals surface area contributed by atoms with E-state index in [1.807, 2.05) is 0 Å². The van der Waals surface area contributed by atoms with Crippen molar-refractivity contribution in [2.45, 2.75) is 0 Å². The van der Waals surface area contributed by atoms with Crippen LogP contribution < -0.4 is 10.5 Å². The van der Waals surface area contributed by atoms with Crippen LogP contribution in [0.15, 0.2) is 24.3 Å². The second-order valence-corrected chi connectivity index (χ2v) is 8.25. The van der Waals surface area contributed by atoms with E-state index >= 15 is 0 Å². The topological polar surface area (TPSA) is 0 Å². The third-order valence-electron chi connectivity index (χ3n) is 1.32. The standard InChI is InChI=1S/C6H5PSi2/c1-2-4-6-5(3-1)7-9-8-6/h1-4,7H. The van der Waals surface area contributed by atoms with Crippen LogP contribution in [0.1, 0.15) is 0 Å². The molecule has 0 aliphatic carbocycles. The van der Waals surface area contributed by atoms with E-state index in [9.17, 15) is 0 Å². The molecule has 0 spiro atoms. The Bertz CT molecular complexity index is 201. The summed E-state index contributed by atoms with van der Waals surface area (Å²) in [6.45, 7) is 0. The van der Waals surface area contributed by atoms with Gasteiger partial charge in [0.2, 0.25) is 0 Å². The molecule has 3 heteroatoms. The summed E-state index contributed by atoms with van der Waals surface area (Å²) in [7, 11) is 3.44. The van der Waals surface area contributed by atoms with Gasteiger partial charge in [0.25, 0.3) is 0 Å². The van der Waals surface area contributed by atoms with Crippen LogP contribution in [0.4, 0.5) is 0 Å². The zero-order valence-corrected chi connectivity index (χ0v) is 7.81. The van der Waals surface area contributed by atoms with Gasteiger partial charge < -0.3 is 0 Å². The van der Waals surface area contributed by atoms with Crippen molar-refractivity contribution in [2.24, 2.45) is 0 Å². The highest BCUT2D eigenvalue weighted by Crippen LogP contribution is 2.08. The molecule has 0 aromatic heterocycles. The van der Waals surface area contributed by atoms with E-state index in [4.69, 9.17) is 0 Å². The molecule has 2 rings (SSSR count). The quantitative estimate of drug-likeness (QED) is 0.370. The first kappa shape index (κ1) is 5.84. The normalized spacial score (nSPS) is 18.2. The highest BCUT2D eigenvalue weighted by molar-refractivity contribution is 7.88. The molecule has 1 atom stereocenters. The van der Waals surface area contributed by atoms with Gasteiger partial charge in [-0.15, -0.1) is 8.13 Å².